The molecule has 0 atom stereocenters. The van der Waals surface area contributed by atoms with Crippen LogP contribution in [0.3, 0.4) is 0 Å². The molecule has 0 aromatic carbocycles. The lowest BCUT2D eigenvalue weighted by Gasteiger charge is -2.07. The van der Waals surface area contributed by atoms with E-state index < -0.39 is 0 Å². The van der Waals surface area contributed by atoms with Crippen molar-refractivity contribution in [2.24, 2.45) is 0 Å². The first-order valence-corrected chi connectivity index (χ1v) is 4.96. The van der Waals surface area contributed by atoms with Gasteiger partial charge in [-0.1, -0.05) is 0 Å². The van der Waals surface area contributed by atoms with Crippen molar-refractivity contribution in [2.75, 3.05) is 12.4 Å². The summed E-state index contributed by atoms with van der Waals surface area (Å²) >= 11 is 0. The number of aromatic nitrogens is 2. The number of nitrogens with one attached hydrogen (secondary N) is 1. The van der Waals surface area contributed by atoms with E-state index in [1.54, 1.807) is 19.5 Å². The van der Waals surface area contributed by atoms with Crippen LogP contribution in [0.1, 0.15) is 11.3 Å². The SMILES string of the molecule is CNc1ncc(C)c(OCc2ccco2)n1. The molecule has 0 saturated carbocycles. The van der Waals surface area contributed by atoms with E-state index in [4.69, 9.17) is 9.15 Å². The highest BCUT2D eigenvalue weighted by atomic mass is 16.5. The second-order valence-corrected chi connectivity index (χ2v) is 3.30. The first-order valence-electron chi connectivity index (χ1n) is 4.96. The van der Waals surface area contributed by atoms with Gasteiger partial charge in [0.2, 0.25) is 11.8 Å². The first-order chi connectivity index (χ1) is 7.79. The van der Waals surface area contributed by atoms with E-state index in [9.17, 15) is 0 Å². The Morgan fingerprint density at radius 1 is 1.50 bits per heavy atom. The van der Waals surface area contributed by atoms with Gasteiger partial charge in [0, 0.05) is 18.8 Å². The molecule has 0 amide bonds. The predicted octanol–water partition coefficient (Wildman–Crippen LogP) is 2.00. The molecule has 2 aromatic rings. The number of ether oxygens (including phenoxy) is 1. The minimum absolute atomic E-state index is 0.369. The number of aryl methyl sites for hydroxylation is 1. The Morgan fingerprint density at radius 3 is 3.06 bits per heavy atom. The van der Waals surface area contributed by atoms with Gasteiger partial charge in [-0.15, -0.1) is 0 Å². The maximum atomic E-state index is 5.54. The molecule has 1 N–H and O–H groups in total. The first kappa shape index (κ1) is 10.5. The van der Waals surface area contributed by atoms with Gasteiger partial charge >= 0.3 is 0 Å². The number of furan rings is 1. The largest absolute Gasteiger partial charge is 0.469 e. The van der Waals surface area contributed by atoms with Crippen LogP contribution in [0.15, 0.2) is 29.0 Å². The van der Waals surface area contributed by atoms with E-state index in [2.05, 4.69) is 15.3 Å². The summed E-state index contributed by atoms with van der Waals surface area (Å²) in [6, 6.07) is 3.68. The zero-order valence-corrected chi connectivity index (χ0v) is 9.23. The monoisotopic (exact) mass is 219 g/mol. The minimum atomic E-state index is 0.369. The summed E-state index contributed by atoms with van der Waals surface area (Å²) in [6.45, 7) is 2.27. The second-order valence-electron chi connectivity index (χ2n) is 3.30. The van der Waals surface area contributed by atoms with Gasteiger partial charge in [-0.3, -0.25) is 0 Å². The predicted molar refractivity (Wildman–Crippen MR) is 59.4 cm³/mol. The molecule has 16 heavy (non-hydrogen) atoms. The summed E-state index contributed by atoms with van der Waals surface area (Å²) in [5, 5.41) is 2.86. The zero-order chi connectivity index (χ0) is 11.4. The van der Waals surface area contributed by atoms with E-state index in [0.29, 0.717) is 18.4 Å². The van der Waals surface area contributed by atoms with Gasteiger partial charge in [-0.2, -0.15) is 4.98 Å². The Kier molecular flexibility index (Phi) is 3.05. The molecule has 2 rings (SSSR count). The van der Waals surface area contributed by atoms with Crippen LogP contribution in [0.2, 0.25) is 0 Å². The number of hydrogen-bond acceptors (Lipinski definition) is 5. The lowest BCUT2D eigenvalue weighted by Crippen LogP contribution is -2.02. The molecular formula is C11H13N3O2. The fourth-order valence-corrected chi connectivity index (χ4v) is 1.23. The molecule has 84 valence electrons. The minimum Gasteiger partial charge on any atom is -0.469 e. The van der Waals surface area contributed by atoms with Crippen molar-refractivity contribution in [3.05, 3.63) is 35.9 Å². The lowest BCUT2D eigenvalue weighted by molar-refractivity contribution is 0.258. The molecule has 0 unspecified atom stereocenters. The average molecular weight is 219 g/mol. The van der Waals surface area contributed by atoms with Crippen LogP contribution in [-0.2, 0) is 6.61 Å². The van der Waals surface area contributed by atoms with Crippen LogP contribution < -0.4 is 10.1 Å². The van der Waals surface area contributed by atoms with Crippen molar-refractivity contribution in [2.45, 2.75) is 13.5 Å². The van der Waals surface area contributed by atoms with Crippen molar-refractivity contribution < 1.29 is 9.15 Å². The van der Waals surface area contributed by atoms with Crippen molar-refractivity contribution in [3.63, 3.8) is 0 Å². The van der Waals surface area contributed by atoms with Gasteiger partial charge in [-0.05, 0) is 19.1 Å². The number of hydrogen-bond donors (Lipinski definition) is 1. The zero-order valence-electron chi connectivity index (χ0n) is 9.23. The van der Waals surface area contributed by atoms with E-state index in [0.717, 1.165) is 11.3 Å². The lowest BCUT2D eigenvalue weighted by atomic mass is 10.4. The summed E-state index contributed by atoms with van der Waals surface area (Å²) in [6.07, 6.45) is 3.33. The van der Waals surface area contributed by atoms with E-state index in [-0.39, 0.29) is 0 Å². The molecule has 2 heterocycles. The van der Waals surface area contributed by atoms with Crippen LogP contribution in [0.25, 0.3) is 0 Å². The van der Waals surface area contributed by atoms with E-state index >= 15 is 0 Å². The van der Waals surface area contributed by atoms with Gasteiger partial charge in [0.25, 0.3) is 0 Å². The molecule has 5 heteroatoms. The molecule has 0 fully saturated rings. The normalized spacial score (nSPS) is 10.1. The summed E-state index contributed by atoms with van der Waals surface area (Å²) in [7, 11) is 1.76. The molecule has 0 bridgehead atoms. The molecular weight excluding hydrogens is 206 g/mol. The number of rotatable bonds is 4. The van der Waals surface area contributed by atoms with Crippen molar-refractivity contribution in [1.29, 1.82) is 0 Å². The highest BCUT2D eigenvalue weighted by Crippen LogP contribution is 2.16. The molecule has 0 aliphatic carbocycles. The van der Waals surface area contributed by atoms with E-state index in [1.165, 1.54) is 0 Å². The summed E-state index contributed by atoms with van der Waals surface area (Å²) in [5.74, 6) is 1.87. The van der Waals surface area contributed by atoms with Gasteiger partial charge in [-0.25, -0.2) is 4.98 Å². The Labute approximate surface area is 93.5 Å². The third-order valence-corrected chi connectivity index (χ3v) is 2.08. The molecule has 0 radical (unpaired) electrons. The number of anilines is 1. The summed E-state index contributed by atoms with van der Waals surface area (Å²) in [4.78, 5) is 8.28. The van der Waals surface area contributed by atoms with Gasteiger partial charge < -0.3 is 14.5 Å². The second kappa shape index (κ2) is 4.65. The standard InChI is InChI=1S/C11H13N3O2/c1-8-6-13-11(12-2)14-10(8)16-7-9-4-3-5-15-9/h3-6H,7H2,1-2H3,(H,12,13,14). The maximum Gasteiger partial charge on any atom is 0.225 e. The summed E-state index contributed by atoms with van der Waals surface area (Å²) < 4.78 is 10.7. The molecule has 5 nitrogen and oxygen atoms in total. The van der Waals surface area contributed by atoms with Gasteiger partial charge in [0.1, 0.15) is 12.4 Å². The smallest absolute Gasteiger partial charge is 0.225 e. The van der Waals surface area contributed by atoms with Gasteiger partial charge in [0.05, 0.1) is 6.26 Å². The number of nitrogens with zero attached hydrogens (tertiary/aromatic N) is 2. The molecule has 2 aromatic heterocycles. The molecule has 0 aliphatic rings. The van der Waals surface area contributed by atoms with Gasteiger partial charge in [0.15, 0.2) is 0 Å². The third kappa shape index (κ3) is 2.31. The fraction of sp³-hybridized carbons (Fsp3) is 0.273. The summed E-state index contributed by atoms with van der Waals surface area (Å²) in [5.41, 5.74) is 0.894. The highest BCUT2D eigenvalue weighted by Gasteiger charge is 2.05. The Morgan fingerprint density at radius 2 is 2.38 bits per heavy atom. The average Bonchev–Trinajstić information content (AvgIpc) is 2.81. The van der Waals surface area contributed by atoms with Crippen LogP contribution in [-0.4, -0.2) is 17.0 Å². The fourth-order valence-electron chi connectivity index (χ4n) is 1.23. The highest BCUT2D eigenvalue weighted by molar-refractivity contribution is 5.31. The van der Waals surface area contributed by atoms with Crippen LogP contribution in [0.5, 0.6) is 5.88 Å². The van der Waals surface area contributed by atoms with Crippen LogP contribution >= 0.6 is 0 Å². The van der Waals surface area contributed by atoms with Crippen molar-refractivity contribution in [3.8, 4) is 5.88 Å². The van der Waals surface area contributed by atoms with E-state index in [1.807, 2.05) is 19.1 Å². The Hall–Kier alpha value is -2.04. The van der Waals surface area contributed by atoms with Crippen molar-refractivity contribution >= 4 is 5.95 Å². The molecule has 0 aliphatic heterocycles. The third-order valence-electron chi connectivity index (χ3n) is 2.08. The molecule has 0 saturated heterocycles. The molecule has 0 spiro atoms. The Bertz CT molecular complexity index is 454. The quantitative estimate of drug-likeness (QED) is 0.852. The van der Waals surface area contributed by atoms with Crippen molar-refractivity contribution in [1.82, 2.24) is 9.97 Å². The van der Waals surface area contributed by atoms with Crippen LogP contribution in [0, 0.1) is 6.92 Å². The Balaban J connectivity index is 2.08. The van der Waals surface area contributed by atoms with Crippen LogP contribution in [0.4, 0.5) is 5.95 Å². The topological polar surface area (TPSA) is 60.2 Å². The maximum absolute atomic E-state index is 5.54.